The van der Waals surface area contributed by atoms with Gasteiger partial charge in [-0.05, 0) is 30.5 Å². The van der Waals surface area contributed by atoms with E-state index in [1.54, 1.807) is 4.90 Å². The molecule has 3 rings (SSSR count). The Morgan fingerprint density at radius 1 is 1.24 bits per heavy atom. The molecule has 2 heterocycles. The molecule has 0 atom stereocenters. The molecular formula is C17H17N3O5. The van der Waals surface area contributed by atoms with Crippen molar-refractivity contribution in [2.45, 2.75) is 19.3 Å². The van der Waals surface area contributed by atoms with E-state index in [2.05, 4.69) is 5.32 Å². The van der Waals surface area contributed by atoms with E-state index in [-0.39, 0.29) is 18.2 Å². The van der Waals surface area contributed by atoms with Crippen LogP contribution in [0.4, 0.5) is 11.6 Å². The van der Waals surface area contributed by atoms with E-state index in [0.717, 1.165) is 18.2 Å². The molecule has 130 valence electrons. The fraction of sp³-hybridized carbons (Fsp3) is 0.294. The number of para-hydroxylation sites is 1. The minimum absolute atomic E-state index is 0.0211. The van der Waals surface area contributed by atoms with Crippen molar-refractivity contribution in [3.8, 4) is 0 Å². The summed E-state index contributed by atoms with van der Waals surface area (Å²) in [6, 6.07) is 10.2. The first-order valence-electron chi connectivity index (χ1n) is 7.97. The Morgan fingerprint density at radius 3 is 2.80 bits per heavy atom. The standard InChI is InChI=1S/C17H17N3O5/c21-15(19-11-9-12-4-1-2-5-13(12)19)6-3-10-18-17(22)14-7-8-16(25-14)20(23)24/h1-2,4-5,7-8H,3,6,9-11H2,(H,18,22). The van der Waals surface area contributed by atoms with Gasteiger partial charge in [0.05, 0.1) is 6.07 Å². The minimum atomic E-state index is -0.705. The summed E-state index contributed by atoms with van der Waals surface area (Å²) in [7, 11) is 0. The summed E-state index contributed by atoms with van der Waals surface area (Å²) in [4.78, 5) is 35.7. The van der Waals surface area contributed by atoms with E-state index in [1.807, 2.05) is 24.3 Å². The van der Waals surface area contributed by atoms with Gasteiger partial charge in [-0.1, -0.05) is 18.2 Å². The molecule has 0 radical (unpaired) electrons. The second-order valence-electron chi connectivity index (χ2n) is 5.68. The Morgan fingerprint density at radius 2 is 2.04 bits per heavy atom. The molecule has 0 unspecified atom stereocenters. The van der Waals surface area contributed by atoms with Crippen LogP contribution in [0, 0.1) is 10.1 Å². The quantitative estimate of drug-likeness (QED) is 0.492. The number of hydrogen-bond acceptors (Lipinski definition) is 5. The molecule has 0 fully saturated rings. The number of carbonyl (C=O) groups is 2. The third-order valence-electron chi connectivity index (χ3n) is 4.04. The van der Waals surface area contributed by atoms with Gasteiger partial charge in [-0.3, -0.25) is 19.7 Å². The zero-order valence-electron chi connectivity index (χ0n) is 13.4. The summed E-state index contributed by atoms with van der Waals surface area (Å²) >= 11 is 0. The SMILES string of the molecule is O=C(NCCCC(=O)N1CCc2ccccc21)c1ccc([N+](=O)[O-])o1. The lowest BCUT2D eigenvalue weighted by molar-refractivity contribution is -0.402. The maximum Gasteiger partial charge on any atom is 0.433 e. The van der Waals surface area contributed by atoms with Gasteiger partial charge in [0.15, 0.2) is 5.76 Å². The first kappa shape index (κ1) is 16.7. The molecule has 8 nitrogen and oxygen atoms in total. The monoisotopic (exact) mass is 343 g/mol. The summed E-state index contributed by atoms with van der Waals surface area (Å²) in [5.74, 6) is -1.11. The van der Waals surface area contributed by atoms with Crippen LogP contribution in [0.3, 0.4) is 0 Å². The van der Waals surface area contributed by atoms with Crippen LogP contribution in [0.15, 0.2) is 40.8 Å². The lowest BCUT2D eigenvalue weighted by Crippen LogP contribution is -2.30. The summed E-state index contributed by atoms with van der Waals surface area (Å²) in [5.41, 5.74) is 2.13. The van der Waals surface area contributed by atoms with Crippen molar-refractivity contribution >= 4 is 23.4 Å². The normalized spacial score (nSPS) is 12.7. The molecule has 0 aliphatic carbocycles. The topological polar surface area (TPSA) is 106 Å². The molecule has 0 saturated heterocycles. The van der Waals surface area contributed by atoms with Crippen molar-refractivity contribution in [2.24, 2.45) is 0 Å². The highest BCUT2D eigenvalue weighted by Crippen LogP contribution is 2.28. The van der Waals surface area contributed by atoms with Crippen LogP contribution >= 0.6 is 0 Å². The van der Waals surface area contributed by atoms with Gasteiger partial charge >= 0.3 is 5.88 Å². The molecule has 1 aromatic heterocycles. The predicted octanol–water partition coefficient (Wildman–Crippen LogP) is 2.29. The van der Waals surface area contributed by atoms with Crippen LogP contribution in [-0.2, 0) is 11.2 Å². The number of rotatable bonds is 6. The number of nitrogens with zero attached hydrogens (tertiary/aromatic N) is 2. The van der Waals surface area contributed by atoms with Gasteiger partial charge in [0.1, 0.15) is 4.92 Å². The minimum Gasteiger partial charge on any atom is -0.395 e. The number of anilines is 1. The zero-order valence-corrected chi connectivity index (χ0v) is 13.4. The van der Waals surface area contributed by atoms with E-state index >= 15 is 0 Å². The van der Waals surface area contributed by atoms with Crippen molar-refractivity contribution in [3.63, 3.8) is 0 Å². The van der Waals surface area contributed by atoms with E-state index < -0.39 is 16.7 Å². The largest absolute Gasteiger partial charge is 0.433 e. The number of hydrogen-bond donors (Lipinski definition) is 1. The molecule has 8 heteroatoms. The number of nitrogens with one attached hydrogen (secondary N) is 1. The number of nitro groups is 1. The van der Waals surface area contributed by atoms with Gasteiger partial charge in [-0.15, -0.1) is 0 Å². The molecule has 1 aromatic carbocycles. The van der Waals surface area contributed by atoms with Crippen LogP contribution in [0.2, 0.25) is 0 Å². The Labute approximate surface area is 143 Å². The Hall–Kier alpha value is -3.16. The average molecular weight is 343 g/mol. The van der Waals surface area contributed by atoms with E-state index in [9.17, 15) is 19.7 Å². The highest BCUT2D eigenvalue weighted by molar-refractivity contribution is 5.95. The average Bonchev–Trinajstić information content (AvgIpc) is 3.25. The Balaban J connectivity index is 1.45. The van der Waals surface area contributed by atoms with Crippen molar-refractivity contribution < 1.29 is 18.9 Å². The first-order valence-corrected chi connectivity index (χ1v) is 7.97. The summed E-state index contributed by atoms with van der Waals surface area (Å²) in [6.07, 6.45) is 1.65. The van der Waals surface area contributed by atoms with Gasteiger partial charge in [0.2, 0.25) is 5.91 Å². The smallest absolute Gasteiger partial charge is 0.395 e. The molecule has 0 saturated carbocycles. The zero-order chi connectivity index (χ0) is 17.8. The summed E-state index contributed by atoms with van der Waals surface area (Å²) in [5, 5.41) is 13.1. The number of fused-ring (bicyclic) bond motifs is 1. The van der Waals surface area contributed by atoms with Crippen molar-refractivity contribution in [1.82, 2.24) is 5.32 Å². The predicted molar refractivity (Wildman–Crippen MR) is 89.4 cm³/mol. The molecule has 25 heavy (non-hydrogen) atoms. The van der Waals surface area contributed by atoms with Crippen LogP contribution in [0.5, 0.6) is 0 Å². The third kappa shape index (κ3) is 3.68. The van der Waals surface area contributed by atoms with Gasteiger partial charge < -0.3 is 14.6 Å². The molecule has 1 N–H and O–H groups in total. The Bertz CT molecular complexity index is 814. The molecule has 1 aliphatic rings. The van der Waals surface area contributed by atoms with E-state index in [1.165, 1.54) is 11.6 Å². The van der Waals surface area contributed by atoms with Crippen LogP contribution in [0.25, 0.3) is 0 Å². The van der Waals surface area contributed by atoms with E-state index in [0.29, 0.717) is 19.4 Å². The van der Waals surface area contributed by atoms with E-state index in [4.69, 9.17) is 4.42 Å². The lowest BCUT2D eigenvalue weighted by Gasteiger charge is -2.17. The number of carbonyl (C=O) groups excluding carboxylic acids is 2. The number of benzene rings is 1. The summed E-state index contributed by atoms with van der Waals surface area (Å²) < 4.78 is 4.82. The summed E-state index contributed by atoms with van der Waals surface area (Å²) in [6.45, 7) is 0.967. The first-order chi connectivity index (χ1) is 12.1. The van der Waals surface area contributed by atoms with Crippen LogP contribution in [-0.4, -0.2) is 29.8 Å². The number of amides is 2. The molecule has 2 aromatic rings. The highest BCUT2D eigenvalue weighted by atomic mass is 16.6. The van der Waals surface area contributed by atoms with Crippen LogP contribution < -0.4 is 10.2 Å². The molecule has 0 spiro atoms. The maximum atomic E-state index is 12.3. The lowest BCUT2D eigenvalue weighted by atomic mass is 10.2. The highest BCUT2D eigenvalue weighted by Gasteiger charge is 2.23. The third-order valence-corrected chi connectivity index (χ3v) is 4.04. The van der Waals surface area contributed by atoms with Crippen molar-refractivity contribution in [3.05, 3.63) is 57.8 Å². The maximum absolute atomic E-state index is 12.3. The van der Waals surface area contributed by atoms with Gasteiger partial charge in [-0.25, -0.2) is 0 Å². The second kappa shape index (κ2) is 7.16. The van der Waals surface area contributed by atoms with Gasteiger partial charge in [0, 0.05) is 25.2 Å². The fourth-order valence-corrected chi connectivity index (χ4v) is 2.81. The Kier molecular flexibility index (Phi) is 4.78. The van der Waals surface area contributed by atoms with Crippen LogP contribution in [0.1, 0.15) is 29.0 Å². The van der Waals surface area contributed by atoms with Crippen molar-refractivity contribution in [2.75, 3.05) is 18.0 Å². The fourth-order valence-electron chi connectivity index (χ4n) is 2.81. The van der Waals surface area contributed by atoms with Gasteiger partial charge in [-0.2, -0.15) is 0 Å². The molecular weight excluding hydrogens is 326 g/mol. The second-order valence-corrected chi connectivity index (χ2v) is 5.68. The molecule has 2 amide bonds. The number of furan rings is 1. The molecule has 1 aliphatic heterocycles. The van der Waals surface area contributed by atoms with Crippen molar-refractivity contribution in [1.29, 1.82) is 0 Å². The van der Waals surface area contributed by atoms with Gasteiger partial charge in [0.25, 0.3) is 5.91 Å². The molecule has 0 bridgehead atoms.